The maximum Gasteiger partial charge on any atom is 0.258 e. The van der Waals surface area contributed by atoms with Crippen molar-refractivity contribution in [3.05, 3.63) is 53.6 Å². The molecule has 1 aliphatic rings. The molecule has 3 N–H and O–H groups in total. The van der Waals surface area contributed by atoms with Crippen LogP contribution in [0.2, 0.25) is 0 Å². The van der Waals surface area contributed by atoms with Gasteiger partial charge in [-0.2, -0.15) is 0 Å². The van der Waals surface area contributed by atoms with Gasteiger partial charge in [-0.15, -0.1) is 0 Å². The zero-order valence-electron chi connectivity index (χ0n) is 16.3. The van der Waals surface area contributed by atoms with Crippen molar-refractivity contribution in [1.29, 1.82) is 0 Å². The minimum absolute atomic E-state index is 0.0123. The molecule has 0 bridgehead atoms. The number of benzene rings is 2. The third kappa shape index (κ3) is 3.74. The smallest absolute Gasteiger partial charge is 0.258 e. The zero-order valence-corrected chi connectivity index (χ0v) is 16.3. The molecule has 2 aromatic carbocycles. The summed E-state index contributed by atoms with van der Waals surface area (Å²) in [6.07, 6.45) is 0.472. The molecule has 2 atom stereocenters. The van der Waals surface area contributed by atoms with E-state index in [0.717, 1.165) is 17.7 Å². The molecule has 0 fully saturated rings. The molecule has 0 unspecified atom stereocenters. The van der Waals surface area contributed by atoms with Crippen molar-refractivity contribution in [1.82, 2.24) is 4.90 Å². The Labute approximate surface area is 164 Å². The van der Waals surface area contributed by atoms with Gasteiger partial charge in [-0.3, -0.25) is 9.59 Å². The number of amides is 2. The number of para-hydroxylation sites is 1. The molecule has 0 radical (unpaired) electrons. The average molecular weight is 383 g/mol. The van der Waals surface area contributed by atoms with Gasteiger partial charge in [-0.05, 0) is 43.2 Å². The number of carbonyl (C=O) groups excluding carboxylic acids is 2. The Morgan fingerprint density at radius 3 is 2.68 bits per heavy atom. The fraction of sp³-hybridized carbons (Fsp3) is 0.333. The molecule has 3 rings (SSSR count). The van der Waals surface area contributed by atoms with Gasteiger partial charge in [-0.25, -0.2) is 0 Å². The number of nitrogens with one attached hydrogen (secondary N) is 1. The summed E-state index contributed by atoms with van der Waals surface area (Å²) < 4.78 is 10.8. The third-order valence-electron chi connectivity index (χ3n) is 4.90. The number of rotatable bonds is 7. The molecule has 7 heteroatoms. The molecule has 148 valence electrons. The van der Waals surface area contributed by atoms with Crippen LogP contribution in [0.15, 0.2) is 42.5 Å². The van der Waals surface area contributed by atoms with Crippen molar-refractivity contribution in [2.24, 2.45) is 5.73 Å². The highest BCUT2D eigenvalue weighted by Crippen LogP contribution is 2.38. The van der Waals surface area contributed by atoms with Crippen LogP contribution in [-0.4, -0.2) is 36.5 Å². The first-order chi connectivity index (χ1) is 13.5. The lowest BCUT2D eigenvalue weighted by molar-refractivity contribution is -0.119. The van der Waals surface area contributed by atoms with E-state index in [1.807, 2.05) is 48.2 Å². The summed E-state index contributed by atoms with van der Waals surface area (Å²) in [5.41, 5.74) is 7.46. The van der Waals surface area contributed by atoms with Crippen molar-refractivity contribution >= 4 is 17.5 Å². The van der Waals surface area contributed by atoms with Gasteiger partial charge in [0.05, 0.1) is 12.7 Å². The van der Waals surface area contributed by atoms with Crippen LogP contribution in [-0.2, 0) is 4.79 Å². The van der Waals surface area contributed by atoms with Gasteiger partial charge in [-0.1, -0.05) is 25.1 Å². The molecule has 0 saturated carbocycles. The number of primary amides is 1. The lowest BCUT2D eigenvalue weighted by Crippen LogP contribution is -2.47. The lowest BCUT2D eigenvalue weighted by Gasteiger charge is -2.41. The normalized spacial score (nSPS) is 16.8. The van der Waals surface area contributed by atoms with Crippen LogP contribution in [0, 0.1) is 0 Å². The molecule has 0 aromatic heterocycles. The topological polar surface area (TPSA) is 93.9 Å². The van der Waals surface area contributed by atoms with Crippen molar-refractivity contribution < 1.29 is 19.1 Å². The number of fused-ring (bicyclic) bond motifs is 1. The van der Waals surface area contributed by atoms with Gasteiger partial charge in [0.2, 0.25) is 0 Å². The minimum Gasteiger partial charge on any atom is -0.493 e. The maximum absolute atomic E-state index is 13.2. The summed E-state index contributed by atoms with van der Waals surface area (Å²) in [5, 5.41) is 3.46. The van der Waals surface area contributed by atoms with Crippen LogP contribution < -0.4 is 20.5 Å². The predicted molar refractivity (Wildman–Crippen MR) is 106 cm³/mol. The van der Waals surface area contributed by atoms with Crippen LogP contribution >= 0.6 is 0 Å². The van der Waals surface area contributed by atoms with E-state index in [1.165, 1.54) is 7.11 Å². The highest BCUT2D eigenvalue weighted by molar-refractivity contribution is 6.01. The fourth-order valence-corrected chi connectivity index (χ4v) is 3.29. The van der Waals surface area contributed by atoms with Gasteiger partial charge in [0.15, 0.2) is 18.1 Å². The highest BCUT2D eigenvalue weighted by Gasteiger charge is 2.35. The quantitative estimate of drug-likeness (QED) is 0.767. The summed E-state index contributed by atoms with van der Waals surface area (Å²) in [4.78, 5) is 26.0. The van der Waals surface area contributed by atoms with Crippen molar-refractivity contribution in [3.8, 4) is 11.5 Å². The van der Waals surface area contributed by atoms with Crippen molar-refractivity contribution in [2.45, 2.75) is 32.5 Å². The van der Waals surface area contributed by atoms with E-state index in [9.17, 15) is 9.59 Å². The standard InChI is InChI=1S/C21H25N3O4/c1-4-13(2)24-20(23-16-8-6-5-7-15(16)21(24)26)14-9-10-17(18(11-14)27-3)28-12-19(22)25/h5-11,13,20,23H,4,12H2,1-3H3,(H2,22,25)/t13-,20+/m0/s1. The van der Waals surface area contributed by atoms with Gasteiger partial charge < -0.3 is 25.4 Å². The summed E-state index contributed by atoms with van der Waals surface area (Å²) >= 11 is 0. The third-order valence-corrected chi connectivity index (χ3v) is 4.90. The number of methoxy groups -OCH3 is 1. The summed E-state index contributed by atoms with van der Waals surface area (Å²) in [7, 11) is 1.53. The van der Waals surface area contributed by atoms with Gasteiger partial charge >= 0.3 is 0 Å². The van der Waals surface area contributed by atoms with E-state index in [-0.39, 0.29) is 24.7 Å². The van der Waals surface area contributed by atoms with Crippen LogP contribution in [0.25, 0.3) is 0 Å². The van der Waals surface area contributed by atoms with Crippen LogP contribution in [0.5, 0.6) is 11.5 Å². The second kappa shape index (κ2) is 8.21. The second-order valence-corrected chi connectivity index (χ2v) is 6.73. The highest BCUT2D eigenvalue weighted by atomic mass is 16.5. The van der Waals surface area contributed by atoms with Gasteiger partial charge in [0.1, 0.15) is 6.17 Å². The maximum atomic E-state index is 13.2. The van der Waals surface area contributed by atoms with Crippen LogP contribution in [0.4, 0.5) is 5.69 Å². The Kier molecular flexibility index (Phi) is 5.73. The van der Waals surface area contributed by atoms with E-state index >= 15 is 0 Å². The van der Waals surface area contributed by atoms with Crippen molar-refractivity contribution in [3.63, 3.8) is 0 Å². The Bertz CT molecular complexity index is 884. The fourth-order valence-electron chi connectivity index (χ4n) is 3.29. The number of ether oxygens (including phenoxy) is 2. The SMILES string of the molecule is CC[C@H](C)N1C(=O)c2ccccc2N[C@H]1c1ccc(OCC(N)=O)c(OC)c1. The first-order valence-corrected chi connectivity index (χ1v) is 9.23. The minimum atomic E-state index is -0.565. The lowest BCUT2D eigenvalue weighted by atomic mass is 10.0. The van der Waals surface area contributed by atoms with Crippen LogP contribution in [0.3, 0.4) is 0 Å². The Balaban J connectivity index is 2.00. The molecule has 0 aliphatic carbocycles. The van der Waals surface area contributed by atoms with E-state index in [2.05, 4.69) is 12.2 Å². The van der Waals surface area contributed by atoms with E-state index in [0.29, 0.717) is 17.1 Å². The van der Waals surface area contributed by atoms with Gasteiger partial charge in [0.25, 0.3) is 11.8 Å². The molecule has 1 heterocycles. The van der Waals surface area contributed by atoms with E-state index in [1.54, 1.807) is 6.07 Å². The van der Waals surface area contributed by atoms with Crippen LogP contribution in [0.1, 0.15) is 42.4 Å². The molecule has 2 amide bonds. The number of anilines is 1. The number of hydrogen-bond donors (Lipinski definition) is 2. The summed E-state index contributed by atoms with van der Waals surface area (Å²) in [6.45, 7) is 3.85. The Morgan fingerprint density at radius 2 is 2.00 bits per heavy atom. The first kappa shape index (κ1) is 19.5. The number of nitrogens with two attached hydrogens (primary N) is 1. The Morgan fingerprint density at radius 1 is 1.25 bits per heavy atom. The zero-order chi connectivity index (χ0) is 20.3. The molecule has 28 heavy (non-hydrogen) atoms. The summed E-state index contributed by atoms with van der Waals surface area (Å²) in [5.74, 6) is 0.311. The molecule has 0 saturated heterocycles. The largest absolute Gasteiger partial charge is 0.493 e. The Hall–Kier alpha value is -3.22. The number of nitrogens with zero attached hydrogens (tertiary/aromatic N) is 1. The monoisotopic (exact) mass is 383 g/mol. The average Bonchev–Trinajstić information content (AvgIpc) is 2.71. The van der Waals surface area contributed by atoms with E-state index < -0.39 is 5.91 Å². The molecule has 2 aromatic rings. The van der Waals surface area contributed by atoms with E-state index in [4.69, 9.17) is 15.2 Å². The second-order valence-electron chi connectivity index (χ2n) is 6.73. The molecular formula is C21H25N3O4. The van der Waals surface area contributed by atoms with Gasteiger partial charge in [0, 0.05) is 11.7 Å². The van der Waals surface area contributed by atoms with Crippen molar-refractivity contribution in [2.75, 3.05) is 19.0 Å². The predicted octanol–water partition coefficient (Wildman–Crippen LogP) is 2.92. The molecule has 0 spiro atoms. The molecular weight excluding hydrogens is 358 g/mol. The summed E-state index contributed by atoms with van der Waals surface area (Å²) in [6, 6.07) is 12.9. The number of hydrogen-bond acceptors (Lipinski definition) is 5. The number of carbonyl (C=O) groups is 2. The molecule has 7 nitrogen and oxygen atoms in total. The molecule has 1 aliphatic heterocycles. The first-order valence-electron chi connectivity index (χ1n) is 9.23.